The van der Waals surface area contributed by atoms with E-state index in [-0.39, 0.29) is 0 Å². The lowest BCUT2D eigenvalue weighted by atomic mass is 9.70. The zero-order valence-corrected chi connectivity index (χ0v) is 31.8. The van der Waals surface area contributed by atoms with E-state index in [0.717, 1.165) is 17.1 Å². The number of rotatable bonds is 5. The van der Waals surface area contributed by atoms with Crippen molar-refractivity contribution >= 4 is 38.6 Å². The molecule has 0 aliphatic heterocycles. The molecule has 0 amide bonds. The van der Waals surface area contributed by atoms with Gasteiger partial charge in [-0.25, -0.2) is 0 Å². The first-order chi connectivity index (χ1) is 28.7. The second-order valence-electron chi connectivity index (χ2n) is 15.7. The number of nitrogens with zero attached hydrogens (tertiary/aromatic N) is 1. The van der Waals surface area contributed by atoms with E-state index in [1.807, 2.05) is 0 Å². The molecule has 0 aromatic heterocycles. The number of fused-ring (bicyclic) bond motifs is 12. The van der Waals surface area contributed by atoms with Crippen LogP contribution in [0.4, 0.5) is 17.1 Å². The first-order valence-electron chi connectivity index (χ1n) is 20.2. The van der Waals surface area contributed by atoms with Crippen LogP contribution < -0.4 is 4.90 Å². The van der Waals surface area contributed by atoms with Crippen LogP contribution in [0.15, 0.2) is 224 Å². The van der Waals surface area contributed by atoms with Gasteiger partial charge in [-0.1, -0.05) is 164 Å². The van der Waals surface area contributed by atoms with Gasteiger partial charge in [-0.3, -0.25) is 0 Å². The van der Waals surface area contributed by atoms with E-state index in [4.69, 9.17) is 0 Å². The summed E-state index contributed by atoms with van der Waals surface area (Å²) >= 11 is 0. The van der Waals surface area contributed by atoms with Gasteiger partial charge < -0.3 is 4.90 Å². The van der Waals surface area contributed by atoms with Crippen molar-refractivity contribution in [2.24, 2.45) is 0 Å². The Balaban J connectivity index is 1.09. The van der Waals surface area contributed by atoms with Crippen LogP contribution in [-0.2, 0) is 5.41 Å². The molecule has 58 heavy (non-hydrogen) atoms. The van der Waals surface area contributed by atoms with Gasteiger partial charge in [0.15, 0.2) is 0 Å². The summed E-state index contributed by atoms with van der Waals surface area (Å²) in [5.41, 5.74) is 18.3. The first-order valence-corrected chi connectivity index (χ1v) is 20.2. The van der Waals surface area contributed by atoms with Crippen LogP contribution in [0.2, 0.25) is 0 Å². The maximum atomic E-state index is 2.50. The average molecular weight is 736 g/mol. The van der Waals surface area contributed by atoms with Crippen molar-refractivity contribution in [3.05, 3.63) is 247 Å². The van der Waals surface area contributed by atoms with Crippen molar-refractivity contribution in [1.29, 1.82) is 0 Å². The lowest BCUT2D eigenvalue weighted by molar-refractivity contribution is 0.795. The summed E-state index contributed by atoms with van der Waals surface area (Å²) < 4.78 is 0. The van der Waals surface area contributed by atoms with E-state index in [1.54, 1.807) is 0 Å². The van der Waals surface area contributed by atoms with E-state index in [0.29, 0.717) is 0 Å². The van der Waals surface area contributed by atoms with Gasteiger partial charge in [-0.2, -0.15) is 0 Å². The van der Waals surface area contributed by atoms with Gasteiger partial charge >= 0.3 is 0 Å². The van der Waals surface area contributed by atoms with Crippen LogP contribution in [0.1, 0.15) is 22.3 Å². The SMILES string of the molecule is c1ccc(-c2ccc(N(c3ccc(-c4ccccc4)cc3)c3ccc4c(c3)C3(c5ccccc5-4)c4ccccc4-c4cc5cc6ccccc6cc5cc43)cc2)cc1. The minimum absolute atomic E-state index is 0.478. The largest absolute Gasteiger partial charge is 0.310 e. The highest BCUT2D eigenvalue weighted by molar-refractivity contribution is 6.04. The highest BCUT2D eigenvalue weighted by Gasteiger charge is 2.52. The van der Waals surface area contributed by atoms with E-state index in [9.17, 15) is 0 Å². The number of hydrogen-bond acceptors (Lipinski definition) is 1. The topological polar surface area (TPSA) is 3.24 Å². The molecule has 0 bridgehead atoms. The van der Waals surface area contributed by atoms with Gasteiger partial charge in [-0.05, 0) is 149 Å². The Labute approximate surface area is 338 Å². The summed E-state index contributed by atoms with van der Waals surface area (Å²) in [5.74, 6) is 0. The smallest absolute Gasteiger partial charge is 0.0726 e. The molecule has 1 nitrogen and oxygen atoms in total. The number of hydrogen-bond donors (Lipinski definition) is 0. The van der Waals surface area contributed by atoms with Crippen molar-refractivity contribution in [3.8, 4) is 44.5 Å². The average Bonchev–Trinajstić information content (AvgIpc) is 3.75. The molecule has 270 valence electrons. The molecule has 0 fully saturated rings. The predicted molar refractivity (Wildman–Crippen MR) is 243 cm³/mol. The third kappa shape index (κ3) is 4.84. The molecule has 1 spiro atoms. The van der Waals surface area contributed by atoms with E-state index in [1.165, 1.54) is 88.3 Å². The van der Waals surface area contributed by atoms with Crippen molar-refractivity contribution < 1.29 is 0 Å². The molecule has 0 heterocycles. The van der Waals surface area contributed by atoms with E-state index in [2.05, 4.69) is 229 Å². The normalized spacial score (nSPS) is 14.6. The third-order valence-electron chi connectivity index (χ3n) is 12.6. The zero-order chi connectivity index (χ0) is 38.2. The van der Waals surface area contributed by atoms with Gasteiger partial charge in [0.1, 0.15) is 0 Å². The Bertz CT molecular complexity index is 3120. The molecule has 10 aromatic rings. The monoisotopic (exact) mass is 735 g/mol. The van der Waals surface area contributed by atoms with Crippen molar-refractivity contribution in [2.45, 2.75) is 5.41 Å². The highest BCUT2D eigenvalue weighted by Crippen LogP contribution is 2.64. The zero-order valence-electron chi connectivity index (χ0n) is 31.8. The van der Waals surface area contributed by atoms with Gasteiger partial charge in [0.25, 0.3) is 0 Å². The van der Waals surface area contributed by atoms with Crippen LogP contribution in [0, 0.1) is 0 Å². The molecule has 1 unspecified atom stereocenters. The lowest BCUT2D eigenvalue weighted by Gasteiger charge is -2.32. The summed E-state index contributed by atoms with van der Waals surface area (Å²) in [5, 5.41) is 5.08. The Hall–Kier alpha value is -7.48. The predicted octanol–water partition coefficient (Wildman–Crippen LogP) is 15.1. The lowest BCUT2D eigenvalue weighted by Crippen LogP contribution is -2.26. The third-order valence-corrected chi connectivity index (χ3v) is 12.6. The molecular formula is C57H37N. The summed E-state index contributed by atoms with van der Waals surface area (Å²) in [6.07, 6.45) is 0. The van der Waals surface area contributed by atoms with Gasteiger partial charge in [0.2, 0.25) is 0 Å². The van der Waals surface area contributed by atoms with Crippen molar-refractivity contribution in [2.75, 3.05) is 4.90 Å². The minimum Gasteiger partial charge on any atom is -0.310 e. The van der Waals surface area contributed by atoms with Gasteiger partial charge in [0.05, 0.1) is 5.41 Å². The molecule has 0 saturated heterocycles. The molecule has 12 rings (SSSR count). The molecule has 10 aromatic carbocycles. The molecule has 0 radical (unpaired) electrons. The number of benzene rings is 10. The maximum Gasteiger partial charge on any atom is 0.0726 e. The molecule has 1 atom stereocenters. The molecule has 2 aliphatic carbocycles. The highest BCUT2D eigenvalue weighted by atomic mass is 15.1. The van der Waals surface area contributed by atoms with Crippen molar-refractivity contribution in [1.82, 2.24) is 0 Å². The summed E-state index contributed by atoms with van der Waals surface area (Å²) in [6.45, 7) is 0. The summed E-state index contributed by atoms with van der Waals surface area (Å²) in [7, 11) is 0. The molecule has 1 heteroatoms. The Morgan fingerprint density at radius 1 is 0.241 bits per heavy atom. The van der Waals surface area contributed by atoms with Gasteiger partial charge in [-0.15, -0.1) is 0 Å². The standard InChI is InChI=1S/C57H37N/c1-3-13-38(14-4-1)40-23-27-46(28-24-40)58(47-29-25-41(26-30-47)39-15-5-2-6-16-39)48-31-32-51-49-19-9-11-21-53(49)57(56(51)37-48)54-22-12-10-20-50(54)52-35-44-33-42-17-7-8-18-43(42)34-45(44)36-55(52)57/h1-37H. The molecule has 2 aliphatic rings. The fraction of sp³-hybridized carbons (Fsp3) is 0.0175. The Morgan fingerprint density at radius 3 is 1.22 bits per heavy atom. The number of anilines is 3. The summed E-state index contributed by atoms with van der Waals surface area (Å²) in [4.78, 5) is 2.43. The second kappa shape index (κ2) is 12.8. The van der Waals surface area contributed by atoms with E-state index >= 15 is 0 Å². The quantitative estimate of drug-likeness (QED) is 0.159. The van der Waals surface area contributed by atoms with E-state index < -0.39 is 5.41 Å². The Morgan fingerprint density at radius 2 is 0.655 bits per heavy atom. The minimum atomic E-state index is -0.478. The molecular weight excluding hydrogens is 699 g/mol. The van der Waals surface area contributed by atoms with Crippen LogP contribution >= 0.6 is 0 Å². The first kappa shape index (κ1) is 32.7. The molecule has 0 saturated carbocycles. The fourth-order valence-corrected chi connectivity index (χ4v) is 10.0. The summed E-state index contributed by atoms with van der Waals surface area (Å²) in [6, 6.07) is 83.1. The van der Waals surface area contributed by atoms with Crippen molar-refractivity contribution in [3.63, 3.8) is 0 Å². The van der Waals surface area contributed by atoms with Crippen LogP contribution in [-0.4, -0.2) is 0 Å². The van der Waals surface area contributed by atoms with Gasteiger partial charge in [0, 0.05) is 17.1 Å². The molecule has 0 N–H and O–H groups in total. The second-order valence-corrected chi connectivity index (χ2v) is 15.7. The van der Waals surface area contributed by atoms with Crippen LogP contribution in [0.3, 0.4) is 0 Å². The van der Waals surface area contributed by atoms with Crippen LogP contribution in [0.25, 0.3) is 66.1 Å². The Kier molecular flexibility index (Phi) is 7.21. The maximum absolute atomic E-state index is 2.50. The fourth-order valence-electron chi connectivity index (χ4n) is 10.0. The van der Waals surface area contributed by atoms with Crippen LogP contribution in [0.5, 0.6) is 0 Å².